The largest absolute Gasteiger partial charge is 0.367 e. The molecule has 0 saturated heterocycles. The molecule has 0 spiro atoms. The maximum absolute atomic E-state index is 10.0. The number of anilines is 1. The van der Waals surface area contributed by atoms with Crippen molar-refractivity contribution in [3.8, 4) is 6.07 Å². The predicted octanol–water partition coefficient (Wildman–Crippen LogP) is 5.34. The fourth-order valence-corrected chi connectivity index (χ4v) is 4.25. The summed E-state index contributed by atoms with van der Waals surface area (Å²) in [7, 11) is 0. The van der Waals surface area contributed by atoms with Gasteiger partial charge in [0.25, 0.3) is 0 Å². The van der Waals surface area contributed by atoms with Gasteiger partial charge in [-0.1, -0.05) is 35.9 Å². The smallest absolute Gasteiger partial charge is 0.171 e. The lowest BCUT2D eigenvalue weighted by molar-refractivity contribution is -0.378. The van der Waals surface area contributed by atoms with E-state index in [-0.39, 0.29) is 0 Å². The number of para-hydroxylation sites is 2. The molecule has 0 unspecified atom stereocenters. The highest BCUT2D eigenvalue weighted by Crippen LogP contribution is 2.33. The summed E-state index contributed by atoms with van der Waals surface area (Å²) in [6.07, 6.45) is 4.54. The van der Waals surface area contributed by atoms with Gasteiger partial charge < -0.3 is 5.32 Å². The molecule has 0 radical (unpaired) electrons. The summed E-state index contributed by atoms with van der Waals surface area (Å²) in [6.45, 7) is 2.64. The summed E-state index contributed by atoms with van der Waals surface area (Å²) in [6, 6.07) is 22.3. The fourth-order valence-electron chi connectivity index (χ4n) is 4.12. The molecular formula is C26H21ClN5+. The van der Waals surface area contributed by atoms with E-state index < -0.39 is 0 Å². The third kappa shape index (κ3) is 3.55. The summed E-state index contributed by atoms with van der Waals surface area (Å²) in [5.74, 6) is 0.948. The Labute approximate surface area is 190 Å². The quantitative estimate of drug-likeness (QED) is 0.403. The van der Waals surface area contributed by atoms with Gasteiger partial charge in [0.05, 0.1) is 16.6 Å². The number of H-pyrrole nitrogens is 1. The molecule has 3 heterocycles. The molecule has 5 rings (SSSR count). The number of hydrogen-bond acceptors (Lipinski definition) is 3. The van der Waals surface area contributed by atoms with Crippen LogP contribution in [0.15, 0.2) is 73.1 Å². The summed E-state index contributed by atoms with van der Waals surface area (Å²) < 4.78 is 2.08. The van der Waals surface area contributed by atoms with Crippen LogP contribution in [0.25, 0.3) is 16.7 Å². The van der Waals surface area contributed by atoms with Crippen LogP contribution < -0.4 is 10.3 Å². The van der Waals surface area contributed by atoms with Crippen LogP contribution in [-0.4, -0.2) is 9.38 Å². The topological polar surface area (TPSA) is 67.3 Å². The molecule has 5 nitrogen and oxygen atoms in total. The zero-order chi connectivity index (χ0) is 22.1. The number of imidazole rings is 1. The van der Waals surface area contributed by atoms with Crippen molar-refractivity contribution in [2.75, 3.05) is 5.32 Å². The van der Waals surface area contributed by atoms with Crippen LogP contribution in [0, 0.1) is 18.3 Å². The number of benzene rings is 2. The highest BCUT2D eigenvalue weighted by Gasteiger charge is 2.21. The molecule has 0 aliphatic heterocycles. The van der Waals surface area contributed by atoms with Gasteiger partial charge >= 0.3 is 0 Å². The lowest BCUT2D eigenvalue weighted by Gasteiger charge is -2.19. The zero-order valence-corrected chi connectivity index (χ0v) is 18.3. The Kier molecular flexibility index (Phi) is 5.22. The molecule has 0 bridgehead atoms. The number of hydrogen-bond donors (Lipinski definition) is 1. The van der Waals surface area contributed by atoms with Gasteiger partial charge in [-0.3, -0.25) is 4.40 Å². The van der Waals surface area contributed by atoms with Crippen LogP contribution in [-0.2, 0) is 13.0 Å². The monoisotopic (exact) mass is 438 g/mol. The summed E-state index contributed by atoms with van der Waals surface area (Å²) in [4.78, 5) is 7.93. The Morgan fingerprint density at radius 1 is 1.06 bits per heavy atom. The first-order chi connectivity index (χ1) is 15.7. The molecule has 0 fully saturated rings. The van der Waals surface area contributed by atoms with Crippen LogP contribution in [0.2, 0.25) is 5.02 Å². The maximum atomic E-state index is 10.0. The number of aromatic amines is 1. The standard InChI is InChI=1S/C26H20ClN5/c1-17-21(13-18-8-10-20(27)11-9-18)25(30-16-19-5-4-12-29-15-19)32-24-7-3-2-6-23(24)31-26(32)22(17)14-28/h2-12,15,30H,13,16H2,1H3/p+1. The van der Waals surface area contributed by atoms with E-state index in [1.54, 1.807) is 0 Å². The third-order valence-corrected chi connectivity index (χ3v) is 6.01. The van der Waals surface area contributed by atoms with E-state index in [1.807, 2.05) is 73.9 Å². The second kappa shape index (κ2) is 8.33. The Morgan fingerprint density at radius 3 is 2.62 bits per heavy atom. The average molecular weight is 439 g/mol. The van der Waals surface area contributed by atoms with E-state index in [1.165, 1.54) is 0 Å². The van der Waals surface area contributed by atoms with Gasteiger partial charge in [-0.2, -0.15) is 5.26 Å². The molecule has 0 aliphatic carbocycles. The Hall–Kier alpha value is -3.88. The molecule has 0 aliphatic rings. The molecule has 0 atom stereocenters. The van der Waals surface area contributed by atoms with E-state index >= 15 is 0 Å². The van der Waals surface area contributed by atoms with Gasteiger partial charge in [-0.25, -0.2) is 9.97 Å². The molecule has 156 valence electrons. The summed E-state index contributed by atoms with van der Waals surface area (Å²) in [5, 5.41) is 14.4. The highest BCUT2D eigenvalue weighted by atomic mass is 35.5. The lowest BCUT2D eigenvalue weighted by atomic mass is 9.97. The number of pyridine rings is 2. The van der Waals surface area contributed by atoms with Crippen LogP contribution in [0.4, 0.5) is 5.82 Å². The number of aromatic nitrogens is 3. The van der Waals surface area contributed by atoms with Gasteiger partial charge in [0.2, 0.25) is 0 Å². The average Bonchev–Trinajstić information content (AvgIpc) is 3.20. The molecule has 2 aromatic carbocycles. The first-order valence-corrected chi connectivity index (χ1v) is 10.8. The van der Waals surface area contributed by atoms with Crippen LogP contribution in [0.3, 0.4) is 0 Å². The maximum Gasteiger partial charge on any atom is 0.171 e. The second-order valence-electron chi connectivity index (χ2n) is 7.77. The summed E-state index contributed by atoms with van der Waals surface area (Å²) in [5.41, 5.74) is 7.37. The van der Waals surface area contributed by atoms with Gasteiger partial charge in [0, 0.05) is 35.2 Å². The van der Waals surface area contributed by atoms with Crippen molar-refractivity contribution in [1.82, 2.24) is 9.38 Å². The van der Waals surface area contributed by atoms with Crippen molar-refractivity contribution in [2.24, 2.45) is 0 Å². The Morgan fingerprint density at radius 2 is 1.88 bits per heavy atom. The number of halogens is 1. The molecule has 32 heavy (non-hydrogen) atoms. The normalized spacial score (nSPS) is 11.0. The zero-order valence-electron chi connectivity index (χ0n) is 17.6. The van der Waals surface area contributed by atoms with Gasteiger partial charge in [0.15, 0.2) is 18.0 Å². The molecule has 0 saturated carbocycles. The molecule has 6 heteroatoms. The van der Waals surface area contributed by atoms with Crippen molar-refractivity contribution in [3.05, 3.63) is 106 Å². The second-order valence-corrected chi connectivity index (χ2v) is 8.20. The number of nitrogens with one attached hydrogen (secondary N) is 2. The van der Waals surface area contributed by atoms with Gasteiger partial charge in [-0.05, 0) is 48.4 Å². The van der Waals surface area contributed by atoms with Gasteiger partial charge in [-0.15, -0.1) is 0 Å². The van der Waals surface area contributed by atoms with Crippen LogP contribution >= 0.6 is 11.6 Å². The first kappa shape index (κ1) is 20.0. The van der Waals surface area contributed by atoms with E-state index in [9.17, 15) is 5.26 Å². The van der Waals surface area contributed by atoms with E-state index in [0.717, 1.165) is 39.1 Å². The predicted molar refractivity (Wildman–Crippen MR) is 127 cm³/mol. The van der Waals surface area contributed by atoms with E-state index in [0.29, 0.717) is 29.2 Å². The number of nitriles is 1. The molecule has 5 aromatic rings. The van der Waals surface area contributed by atoms with E-state index in [4.69, 9.17) is 16.6 Å². The van der Waals surface area contributed by atoms with Crippen molar-refractivity contribution in [3.63, 3.8) is 0 Å². The Balaban J connectivity index is 1.75. The van der Waals surface area contributed by atoms with Crippen LogP contribution in [0.5, 0.6) is 0 Å². The molecule has 0 amide bonds. The van der Waals surface area contributed by atoms with E-state index in [2.05, 4.69) is 26.8 Å². The minimum atomic E-state index is 0.601. The summed E-state index contributed by atoms with van der Waals surface area (Å²) >= 11 is 6.10. The minimum absolute atomic E-state index is 0.601. The molecular weight excluding hydrogens is 418 g/mol. The Bertz CT molecular complexity index is 1460. The number of rotatable bonds is 5. The van der Waals surface area contributed by atoms with Crippen molar-refractivity contribution in [1.29, 1.82) is 5.26 Å². The highest BCUT2D eigenvalue weighted by molar-refractivity contribution is 6.30. The van der Waals surface area contributed by atoms with Crippen molar-refractivity contribution in [2.45, 2.75) is 19.9 Å². The minimum Gasteiger partial charge on any atom is -0.367 e. The van der Waals surface area contributed by atoms with Crippen LogP contribution in [0.1, 0.15) is 27.8 Å². The SMILES string of the molecule is Cc1c(Cc2ccc(Cl)cc2)c(NCc2ccc[nH+]c2)n2c(nc3ccccc32)c1C#N. The lowest BCUT2D eigenvalue weighted by Crippen LogP contribution is -2.13. The molecule has 2 N–H and O–H groups in total. The van der Waals surface area contributed by atoms with Gasteiger partial charge in [0.1, 0.15) is 11.9 Å². The third-order valence-electron chi connectivity index (χ3n) is 5.76. The van der Waals surface area contributed by atoms with Crippen molar-refractivity contribution >= 4 is 34.1 Å². The van der Waals surface area contributed by atoms with Crippen molar-refractivity contribution < 1.29 is 4.98 Å². The number of fused-ring (bicyclic) bond motifs is 3. The number of nitrogens with zero attached hydrogens (tertiary/aromatic N) is 3. The fraction of sp³-hybridized carbons (Fsp3) is 0.115. The first-order valence-electron chi connectivity index (χ1n) is 10.4. The molecule has 3 aromatic heterocycles.